The van der Waals surface area contributed by atoms with Crippen molar-refractivity contribution < 1.29 is 22.8 Å². The summed E-state index contributed by atoms with van der Waals surface area (Å²) in [6.45, 7) is 0. The molecule has 0 saturated carbocycles. The smallest absolute Gasteiger partial charge is 0.257 e. The number of hydrogen-bond acceptors (Lipinski definition) is 2. The van der Waals surface area contributed by atoms with E-state index < -0.39 is 46.8 Å². The van der Waals surface area contributed by atoms with Gasteiger partial charge in [0.15, 0.2) is 0 Å². The number of primary amides is 1. The highest BCUT2D eigenvalue weighted by atomic mass is 19.1. The van der Waals surface area contributed by atoms with Crippen molar-refractivity contribution in [1.29, 1.82) is 0 Å². The van der Waals surface area contributed by atoms with Gasteiger partial charge in [-0.2, -0.15) is 0 Å². The van der Waals surface area contributed by atoms with Crippen molar-refractivity contribution in [3.63, 3.8) is 0 Å². The van der Waals surface area contributed by atoms with Gasteiger partial charge >= 0.3 is 0 Å². The zero-order valence-corrected chi connectivity index (χ0v) is 15.1. The van der Waals surface area contributed by atoms with E-state index in [9.17, 15) is 22.8 Å². The number of carbonyl (C=O) groups is 2. The van der Waals surface area contributed by atoms with Gasteiger partial charge in [0.1, 0.15) is 29.1 Å². The highest BCUT2D eigenvalue weighted by Gasteiger charge is 2.32. The molecule has 3 N–H and O–H groups in total. The molecule has 148 valence electrons. The van der Waals surface area contributed by atoms with Crippen LogP contribution in [0.4, 0.5) is 13.2 Å². The molecule has 0 aliphatic carbocycles. The summed E-state index contributed by atoms with van der Waals surface area (Å²) in [7, 11) is 0. The zero-order valence-electron chi connectivity index (χ0n) is 15.1. The van der Waals surface area contributed by atoms with E-state index in [1.807, 2.05) is 0 Å². The molecule has 3 aromatic rings. The molecular formula is C22H17F3N2O2. The summed E-state index contributed by atoms with van der Waals surface area (Å²) >= 11 is 0. The van der Waals surface area contributed by atoms with Gasteiger partial charge in [-0.05, 0) is 11.1 Å². The molecule has 0 unspecified atom stereocenters. The number of nitrogens with one attached hydrogen (secondary N) is 1. The number of carbonyl (C=O) groups excluding carboxylic acids is 2. The van der Waals surface area contributed by atoms with Gasteiger partial charge in [-0.3, -0.25) is 9.59 Å². The van der Waals surface area contributed by atoms with E-state index in [0.29, 0.717) is 23.3 Å². The molecule has 3 rings (SSSR count). The van der Waals surface area contributed by atoms with Crippen molar-refractivity contribution in [2.24, 2.45) is 5.73 Å². The second-order valence-corrected chi connectivity index (χ2v) is 6.40. The van der Waals surface area contributed by atoms with E-state index in [4.69, 9.17) is 5.73 Å². The fraction of sp³-hybridized carbons (Fsp3) is 0.0909. The third-order valence-electron chi connectivity index (χ3n) is 4.48. The number of hydrogen-bond donors (Lipinski definition) is 2. The minimum absolute atomic E-state index is 0.392. The van der Waals surface area contributed by atoms with Gasteiger partial charge in [0, 0.05) is 18.1 Å². The first-order chi connectivity index (χ1) is 13.9. The van der Waals surface area contributed by atoms with Crippen molar-refractivity contribution >= 4 is 11.8 Å². The highest BCUT2D eigenvalue weighted by Crippen LogP contribution is 2.28. The molecule has 0 aromatic heterocycles. The van der Waals surface area contributed by atoms with Crippen LogP contribution in [-0.4, -0.2) is 17.9 Å². The van der Waals surface area contributed by atoms with E-state index in [2.05, 4.69) is 5.32 Å². The van der Waals surface area contributed by atoms with Crippen LogP contribution in [0.2, 0.25) is 0 Å². The molecule has 0 bridgehead atoms. The Morgan fingerprint density at radius 2 is 1.24 bits per heavy atom. The first-order valence-corrected chi connectivity index (χ1v) is 8.73. The monoisotopic (exact) mass is 398 g/mol. The lowest BCUT2D eigenvalue weighted by Gasteiger charge is -2.27. The maximum absolute atomic E-state index is 14.0. The summed E-state index contributed by atoms with van der Waals surface area (Å²) in [6, 6.07) is 17.1. The topological polar surface area (TPSA) is 72.2 Å². The Balaban J connectivity index is 2.03. The van der Waals surface area contributed by atoms with Crippen LogP contribution >= 0.6 is 0 Å². The van der Waals surface area contributed by atoms with E-state index in [0.717, 1.165) is 0 Å². The Hall–Kier alpha value is -3.61. The largest absolute Gasteiger partial charge is 0.368 e. The van der Waals surface area contributed by atoms with Gasteiger partial charge in [0.05, 0.1) is 0 Å². The Morgan fingerprint density at radius 3 is 1.66 bits per heavy atom. The summed E-state index contributed by atoms with van der Waals surface area (Å²) in [5.74, 6) is -6.71. The average molecular weight is 398 g/mol. The van der Waals surface area contributed by atoms with Crippen molar-refractivity contribution in [2.45, 2.75) is 12.0 Å². The number of halogens is 3. The highest BCUT2D eigenvalue weighted by molar-refractivity contribution is 5.98. The summed E-state index contributed by atoms with van der Waals surface area (Å²) < 4.78 is 41.2. The second-order valence-electron chi connectivity index (χ2n) is 6.40. The average Bonchev–Trinajstić information content (AvgIpc) is 2.68. The lowest BCUT2D eigenvalue weighted by molar-refractivity contribution is -0.120. The first kappa shape index (κ1) is 20.1. The predicted molar refractivity (Wildman–Crippen MR) is 101 cm³/mol. The molecule has 0 aliphatic rings. The third-order valence-corrected chi connectivity index (χ3v) is 4.48. The molecule has 0 saturated heterocycles. The summed E-state index contributed by atoms with van der Waals surface area (Å²) in [6.07, 6.45) is 0. The molecule has 0 fully saturated rings. The molecule has 2 amide bonds. The minimum atomic E-state index is -1.38. The summed E-state index contributed by atoms with van der Waals surface area (Å²) in [4.78, 5) is 24.8. The van der Waals surface area contributed by atoms with Gasteiger partial charge in [0.2, 0.25) is 5.91 Å². The van der Waals surface area contributed by atoms with Crippen LogP contribution in [0.3, 0.4) is 0 Å². The van der Waals surface area contributed by atoms with E-state index in [1.165, 1.54) is 0 Å². The Bertz CT molecular complexity index is 964. The maximum Gasteiger partial charge on any atom is 0.257 e. The maximum atomic E-state index is 14.0. The van der Waals surface area contributed by atoms with Crippen molar-refractivity contribution in [3.05, 3.63) is 107 Å². The SMILES string of the molecule is NC(=O)[C@H](NC(=O)c1c(F)cc(F)cc1F)C(c1ccccc1)c1ccccc1. The molecule has 1 atom stereocenters. The Kier molecular flexibility index (Phi) is 5.97. The Labute approximate surface area is 165 Å². The molecule has 3 aromatic carbocycles. The Morgan fingerprint density at radius 1 is 0.793 bits per heavy atom. The van der Waals surface area contributed by atoms with Crippen molar-refractivity contribution in [1.82, 2.24) is 5.32 Å². The van der Waals surface area contributed by atoms with Crippen LogP contribution in [0, 0.1) is 17.5 Å². The van der Waals surface area contributed by atoms with Crippen LogP contribution < -0.4 is 11.1 Å². The molecular weight excluding hydrogens is 381 g/mol. The predicted octanol–water partition coefficient (Wildman–Crippen LogP) is 3.52. The molecule has 0 radical (unpaired) electrons. The van der Waals surface area contributed by atoms with Crippen molar-refractivity contribution in [2.75, 3.05) is 0 Å². The van der Waals surface area contributed by atoms with Crippen molar-refractivity contribution in [3.8, 4) is 0 Å². The van der Waals surface area contributed by atoms with Gasteiger partial charge in [-0.25, -0.2) is 13.2 Å². The number of rotatable bonds is 6. The number of benzene rings is 3. The number of nitrogens with two attached hydrogens (primary N) is 1. The molecule has 0 heterocycles. The molecule has 29 heavy (non-hydrogen) atoms. The third kappa shape index (κ3) is 4.45. The molecule has 4 nitrogen and oxygen atoms in total. The molecule has 0 spiro atoms. The lowest BCUT2D eigenvalue weighted by atomic mass is 9.84. The minimum Gasteiger partial charge on any atom is -0.368 e. The van der Waals surface area contributed by atoms with Crippen LogP contribution in [0.1, 0.15) is 27.4 Å². The second kappa shape index (κ2) is 8.60. The van der Waals surface area contributed by atoms with Gasteiger partial charge in [-0.1, -0.05) is 60.7 Å². The lowest BCUT2D eigenvalue weighted by Crippen LogP contribution is -2.49. The van der Waals surface area contributed by atoms with Gasteiger partial charge < -0.3 is 11.1 Å². The molecule has 7 heteroatoms. The number of amides is 2. The van der Waals surface area contributed by atoms with Crippen LogP contribution in [-0.2, 0) is 4.79 Å². The van der Waals surface area contributed by atoms with Gasteiger partial charge in [0.25, 0.3) is 5.91 Å². The van der Waals surface area contributed by atoms with Gasteiger partial charge in [-0.15, -0.1) is 0 Å². The fourth-order valence-corrected chi connectivity index (χ4v) is 3.19. The summed E-state index contributed by atoms with van der Waals surface area (Å²) in [5, 5.41) is 2.32. The summed E-state index contributed by atoms with van der Waals surface area (Å²) in [5.41, 5.74) is 5.89. The van der Waals surface area contributed by atoms with Crippen LogP contribution in [0.15, 0.2) is 72.8 Å². The molecule has 0 aliphatic heterocycles. The standard InChI is InChI=1S/C22H17F3N2O2/c23-15-11-16(24)19(17(25)12-15)22(29)27-20(21(26)28)18(13-7-3-1-4-8-13)14-9-5-2-6-10-14/h1-12,18,20H,(H2,26,28)(H,27,29)/t20-/m1/s1. The van der Waals surface area contributed by atoms with E-state index in [1.54, 1.807) is 60.7 Å². The van der Waals surface area contributed by atoms with Crippen LogP contribution in [0.25, 0.3) is 0 Å². The van der Waals surface area contributed by atoms with E-state index >= 15 is 0 Å². The quantitative estimate of drug-likeness (QED) is 0.667. The fourth-order valence-electron chi connectivity index (χ4n) is 3.19. The van der Waals surface area contributed by atoms with E-state index in [-0.39, 0.29) is 0 Å². The van der Waals surface area contributed by atoms with Crippen LogP contribution in [0.5, 0.6) is 0 Å². The normalized spacial score (nSPS) is 11.9. The zero-order chi connectivity index (χ0) is 21.0. The first-order valence-electron chi connectivity index (χ1n) is 8.73.